The Morgan fingerprint density at radius 2 is 1.95 bits per heavy atom. The molecular weight excluding hydrogens is 256 g/mol. The third kappa shape index (κ3) is 3.46. The van der Waals surface area contributed by atoms with Gasteiger partial charge in [-0.05, 0) is 38.2 Å². The van der Waals surface area contributed by atoms with Crippen LogP contribution in [0.3, 0.4) is 0 Å². The fourth-order valence-electron chi connectivity index (χ4n) is 2.75. The summed E-state index contributed by atoms with van der Waals surface area (Å²) in [5.74, 6) is -0.509. The number of carbonyl (C=O) groups is 1. The number of aromatic nitrogens is 2. The zero-order valence-corrected chi connectivity index (χ0v) is 12.9. The van der Waals surface area contributed by atoms with E-state index in [1.807, 2.05) is 13.8 Å². The number of carboxylic acids is 1. The van der Waals surface area contributed by atoms with Crippen LogP contribution in [0.5, 0.6) is 0 Å². The quantitative estimate of drug-likeness (QED) is 0.869. The molecule has 1 heterocycles. The summed E-state index contributed by atoms with van der Waals surface area (Å²) in [6.45, 7) is 9.87. The SMILES string of the molecule is CCC(C(C)C)n1c(C)c(CCC(=O)O)c(C)nc1=O. The molecular formula is C15H24N2O3. The summed E-state index contributed by atoms with van der Waals surface area (Å²) in [4.78, 5) is 27.0. The van der Waals surface area contributed by atoms with Crippen molar-refractivity contribution < 1.29 is 9.90 Å². The molecule has 0 aliphatic carbocycles. The second-order valence-corrected chi connectivity index (χ2v) is 5.53. The van der Waals surface area contributed by atoms with Crippen LogP contribution in [0.4, 0.5) is 0 Å². The number of aliphatic carboxylic acids is 1. The fraction of sp³-hybridized carbons (Fsp3) is 0.667. The summed E-state index contributed by atoms with van der Waals surface area (Å²) in [5.41, 5.74) is 2.14. The van der Waals surface area contributed by atoms with Crippen LogP contribution in [-0.4, -0.2) is 20.6 Å². The molecule has 0 amide bonds. The van der Waals surface area contributed by atoms with Crippen molar-refractivity contribution >= 4 is 5.97 Å². The van der Waals surface area contributed by atoms with Crippen LogP contribution in [0.25, 0.3) is 0 Å². The van der Waals surface area contributed by atoms with Crippen LogP contribution in [0.2, 0.25) is 0 Å². The van der Waals surface area contributed by atoms with E-state index < -0.39 is 5.97 Å². The van der Waals surface area contributed by atoms with Crippen molar-refractivity contribution in [2.45, 2.75) is 59.9 Å². The summed E-state index contributed by atoms with van der Waals surface area (Å²) >= 11 is 0. The predicted octanol–water partition coefficient (Wildman–Crippen LogP) is 2.48. The standard InChI is InChI=1S/C15H24N2O3/c1-6-13(9(2)3)17-11(5)12(7-8-14(18)19)10(4)16-15(17)20/h9,13H,6-8H2,1-5H3,(H,18,19). The third-order valence-corrected chi connectivity index (χ3v) is 3.81. The molecule has 0 fully saturated rings. The van der Waals surface area contributed by atoms with Gasteiger partial charge in [0, 0.05) is 23.9 Å². The first-order valence-corrected chi connectivity index (χ1v) is 7.09. The molecule has 0 saturated carbocycles. The van der Waals surface area contributed by atoms with Crippen LogP contribution in [0.15, 0.2) is 4.79 Å². The van der Waals surface area contributed by atoms with Gasteiger partial charge < -0.3 is 5.11 Å². The Hall–Kier alpha value is -1.65. The molecule has 0 radical (unpaired) electrons. The highest BCUT2D eigenvalue weighted by Gasteiger charge is 2.20. The molecule has 1 unspecified atom stereocenters. The molecule has 1 aromatic heterocycles. The van der Waals surface area contributed by atoms with Crippen molar-refractivity contribution in [1.82, 2.24) is 9.55 Å². The summed E-state index contributed by atoms with van der Waals surface area (Å²) in [5, 5.41) is 8.84. The van der Waals surface area contributed by atoms with Crippen molar-refractivity contribution in [3.63, 3.8) is 0 Å². The molecule has 0 saturated heterocycles. The Morgan fingerprint density at radius 1 is 1.35 bits per heavy atom. The molecule has 20 heavy (non-hydrogen) atoms. The maximum absolute atomic E-state index is 12.2. The van der Waals surface area contributed by atoms with Crippen molar-refractivity contribution in [3.05, 3.63) is 27.4 Å². The van der Waals surface area contributed by atoms with Gasteiger partial charge in [-0.3, -0.25) is 9.36 Å². The van der Waals surface area contributed by atoms with Gasteiger partial charge in [0.05, 0.1) is 0 Å². The molecule has 5 heteroatoms. The molecule has 0 aliphatic rings. The zero-order chi connectivity index (χ0) is 15.4. The topological polar surface area (TPSA) is 72.2 Å². The van der Waals surface area contributed by atoms with E-state index in [2.05, 4.69) is 18.8 Å². The number of carboxylic acid groups (broad SMARTS) is 1. The second kappa shape index (κ2) is 6.68. The molecule has 0 aromatic carbocycles. The van der Waals surface area contributed by atoms with Gasteiger partial charge in [0.15, 0.2) is 0 Å². The van der Waals surface area contributed by atoms with E-state index in [4.69, 9.17) is 5.11 Å². The summed E-state index contributed by atoms with van der Waals surface area (Å²) in [6, 6.07) is 0.0965. The van der Waals surface area contributed by atoms with Gasteiger partial charge in [0.1, 0.15) is 0 Å². The lowest BCUT2D eigenvalue weighted by Crippen LogP contribution is -2.33. The average Bonchev–Trinajstić information content (AvgIpc) is 2.32. The molecule has 1 N–H and O–H groups in total. The van der Waals surface area contributed by atoms with Crippen LogP contribution >= 0.6 is 0 Å². The molecule has 0 spiro atoms. The maximum atomic E-state index is 12.2. The summed E-state index contributed by atoms with van der Waals surface area (Å²) in [7, 11) is 0. The van der Waals surface area contributed by atoms with E-state index in [1.165, 1.54) is 0 Å². The van der Waals surface area contributed by atoms with Gasteiger partial charge in [0.2, 0.25) is 0 Å². The zero-order valence-electron chi connectivity index (χ0n) is 12.9. The van der Waals surface area contributed by atoms with Crippen molar-refractivity contribution in [1.29, 1.82) is 0 Å². The molecule has 0 aliphatic heterocycles. The monoisotopic (exact) mass is 280 g/mol. The highest BCUT2D eigenvalue weighted by Crippen LogP contribution is 2.23. The third-order valence-electron chi connectivity index (χ3n) is 3.81. The summed E-state index contributed by atoms with van der Waals surface area (Å²) < 4.78 is 1.73. The van der Waals surface area contributed by atoms with Crippen LogP contribution < -0.4 is 5.69 Å². The van der Waals surface area contributed by atoms with Crippen LogP contribution in [0.1, 0.15) is 56.6 Å². The lowest BCUT2D eigenvalue weighted by molar-refractivity contribution is -0.136. The van der Waals surface area contributed by atoms with Crippen molar-refractivity contribution in [2.75, 3.05) is 0 Å². The van der Waals surface area contributed by atoms with Gasteiger partial charge in [-0.15, -0.1) is 0 Å². The maximum Gasteiger partial charge on any atom is 0.348 e. The number of hydrogen-bond acceptors (Lipinski definition) is 3. The molecule has 0 bridgehead atoms. The first-order valence-electron chi connectivity index (χ1n) is 7.09. The Balaban J connectivity index is 3.35. The smallest absolute Gasteiger partial charge is 0.348 e. The number of nitrogens with zero attached hydrogens (tertiary/aromatic N) is 2. The van der Waals surface area contributed by atoms with Gasteiger partial charge in [-0.2, -0.15) is 4.98 Å². The normalized spacial score (nSPS) is 12.7. The predicted molar refractivity (Wildman–Crippen MR) is 78.1 cm³/mol. The van der Waals surface area contributed by atoms with Crippen molar-refractivity contribution in [2.24, 2.45) is 5.92 Å². The highest BCUT2D eigenvalue weighted by molar-refractivity contribution is 5.67. The lowest BCUT2D eigenvalue weighted by atomic mass is 9.99. The van der Waals surface area contributed by atoms with Crippen LogP contribution in [-0.2, 0) is 11.2 Å². The molecule has 1 aromatic rings. The minimum Gasteiger partial charge on any atom is -0.481 e. The second-order valence-electron chi connectivity index (χ2n) is 5.53. The van der Waals surface area contributed by atoms with E-state index in [-0.39, 0.29) is 18.2 Å². The van der Waals surface area contributed by atoms with E-state index in [1.54, 1.807) is 11.5 Å². The Kier molecular flexibility index (Phi) is 5.48. The molecule has 112 valence electrons. The van der Waals surface area contributed by atoms with E-state index >= 15 is 0 Å². The number of hydrogen-bond donors (Lipinski definition) is 1. The molecule has 1 rings (SSSR count). The first-order chi connectivity index (χ1) is 9.29. The van der Waals surface area contributed by atoms with Gasteiger partial charge >= 0.3 is 11.7 Å². The van der Waals surface area contributed by atoms with Crippen molar-refractivity contribution in [3.8, 4) is 0 Å². The van der Waals surface area contributed by atoms with E-state index in [0.717, 1.165) is 17.7 Å². The van der Waals surface area contributed by atoms with E-state index in [0.29, 0.717) is 18.0 Å². The van der Waals surface area contributed by atoms with E-state index in [9.17, 15) is 9.59 Å². The van der Waals surface area contributed by atoms with Gasteiger partial charge in [-0.1, -0.05) is 20.8 Å². The molecule has 1 atom stereocenters. The van der Waals surface area contributed by atoms with Crippen LogP contribution in [0, 0.1) is 19.8 Å². The Morgan fingerprint density at radius 3 is 2.40 bits per heavy atom. The lowest BCUT2D eigenvalue weighted by Gasteiger charge is -2.25. The average molecular weight is 280 g/mol. The highest BCUT2D eigenvalue weighted by atomic mass is 16.4. The largest absolute Gasteiger partial charge is 0.481 e. The minimum atomic E-state index is -0.836. The van der Waals surface area contributed by atoms with Gasteiger partial charge in [0.25, 0.3) is 0 Å². The first kappa shape index (κ1) is 16.4. The fourth-order valence-corrected chi connectivity index (χ4v) is 2.75. The Bertz CT molecular complexity index is 547. The number of aryl methyl sites for hydroxylation is 1. The molecule has 5 nitrogen and oxygen atoms in total. The number of rotatable bonds is 6. The van der Waals surface area contributed by atoms with Gasteiger partial charge in [-0.25, -0.2) is 4.79 Å². The summed E-state index contributed by atoms with van der Waals surface area (Å²) in [6.07, 6.45) is 1.32. The Labute approximate surface area is 119 Å². The minimum absolute atomic E-state index is 0.0556.